The number of anilines is 1. The second-order valence-electron chi connectivity index (χ2n) is 7.92. The number of nitrogens with zero attached hydrogens (tertiary/aromatic N) is 5. The highest BCUT2D eigenvalue weighted by Crippen LogP contribution is 2.33. The number of aliphatic carboxylic acids is 1. The molecule has 2 amide bonds. The monoisotopic (exact) mass is 517 g/mol. The highest BCUT2D eigenvalue weighted by molar-refractivity contribution is 8.26. The maximum Gasteiger partial charge on any atom is 0.409 e. The molecular formula is C22H23N5O6S2. The van der Waals surface area contributed by atoms with E-state index in [1.165, 1.54) is 10.5 Å². The van der Waals surface area contributed by atoms with Crippen LogP contribution in [0.25, 0.3) is 11.7 Å². The lowest BCUT2D eigenvalue weighted by Crippen LogP contribution is -2.49. The third-order valence-corrected chi connectivity index (χ3v) is 6.91. The van der Waals surface area contributed by atoms with Crippen LogP contribution in [0.1, 0.15) is 18.1 Å². The number of fused-ring (bicyclic) bond motifs is 1. The normalized spacial score (nSPS) is 17.5. The number of piperazine rings is 1. The maximum atomic E-state index is 13.5. The Kier molecular flexibility index (Phi) is 7.08. The van der Waals surface area contributed by atoms with Gasteiger partial charge in [0, 0.05) is 32.4 Å². The number of pyridine rings is 1. The van der Waals surface area contributed by atoms with Gasteiger partial charge < -0.3 is 19.6 Å². The molecule has 2 aliphatic heterocycles. The molecule has 0 aliphatic carbocycles. The molecule has 0 aromatic carbocycles. The van der Waals surface area contributed by atoms with Gasteiger partial charge in [-0.3, -0.25) is 23.7 Å². The number of carbonyl (C=O) groups is 3. The number of rotatable bonds is 5. The van der Waals surface area contributed by atoms with Gasteiger partial charge in [-0.2, -0.15) is 0 Å². The molecule has 4 heterocycles. The number of thiocarbonyl (C=S) groups is 1. The molecule has 13 heteroatoms. The second-order valence-corrected chi connectivity index (χ2v) is 9.60. The third kappa shape index (κ3) is 5.00. The lowest BCUT2D eigenvalue weighted by Gasteiger charge is -2.35. The summed E-state index contributed by atoms with van der Waals surface area (Å²) in [6.45, 7) is 4.91. The Labute approximate surface area is 210 Å². The molecule has 4 rings (SSSR count). The summed E-state index contributed by atoms with van der Waals surface area (Å²) in [4.78, 5) is 58.9. The van der Waals surface area contributed by atoms with Crippen molar-refractivity contribution in [1.82, 2.24) is 19.2 Å². The molecule has 184 valence electrons. The summed E-state index contributed by atoms with van der Waals surface area (Å²) in [5.74, 6) is -1.38. The van der Waals surface area contributed by atoms with E-state index in [1.807, 2.05) is 17.9 Å². The zero-order valence-corrected chi connectivity index (χ0v) is 20.7. The van der Waals surface area contributed by atoms with Gasteiger partial charge >= 0.3 is 12.1 Å². The van der Waals surface area contributed by atoms with E-state index >= 15 is 0 Å². The lowest BCUT2D eigenvalue weighted by molar-refractivity contribution is -0.140. The largest absolute Gasteiger partial charge is 0.480 e. The van der Waals surface area contributed by atoms with Crippen molar-refractivity contribution in [2.75, 3.05) is 44.2 Å². The Morgan fingerprint density at radius 1 is 1.23 bits per heavy atom. The van der Waals surface area contributed by atoms with Crippen LogP contribution in [0, 0.1) is 6.92 Å². The minimum absolute atomic E-state index is 0.109. The summed E-state index contributed by atoms with van der Waals surface area (Å²) in [7, 11) is 0. The Balaban J connectivity index is 1.75. The molecular weight excluding hydrogens is 494 g/mol. The van der Waals surface area contributed by atoms with Crippen LogP contribution in [0.5, 0.6) is 0 Å². The molecule has 0 radical (unpaired) electrons. The fraction of sp³-hybridized carbons (Fsp3) is 0.364. The van der Waals surface area contributed by atoms with E-state index in [4.69, 9.17) is 27.0 Å². The minimum atomic E-state index is -1.19. The fourth-order valence-electron chi connectivity index (χ4n) is 3.83. The molecule has 2 aliphatic rings. The van der Waals surface area contributed by atoms with E-state index in [2.05, 4.69) is 0 Å². The van der Waals surface area contributed by atoms with Crippen LogP contribution in [0.2, 0.25) is 0 Å². The topological polar surface area (TPSA) is 125 Å². The number of carboxylic acids is 1. The number of hydrogen-bond acceptors (Lipinski definition) is 9. The molecule has 0 unspecified atom stereocenters. The number of carboxylic acid groups (broad SMARTS) is 1. The molecule has 2 aromatic heterocycles. The Morgan fingerprint density at radius 2 is 1.94 bits per heavy atom. The summed E-state index contributed by atoms with van der Waals surface area (Å²) >= 11 is 6.12. The van der Waals surface area contributed by atoms with Crippen LogP contribution in [0.4, 0.5) is 10.6 Å². The van der Waals surface area contributed by atoms with Gasteiger partial charge in [-0.1, -0.05) is 30.0 Å². The number of aryl methyl sites for hydroxylation is 1. The average molecular weight is 518 g/mol. The predicted octanol–water partition coefficient (Wildman–Crippen LogP) is 1.57. The smallest absolute Gasteiger partial charge is 0.409 e. The second kappa shape index (κ2) is 10.0. The highest BCUT2D eigenvalue weighted by atomic mass is 32.2. The molecule has 11 nitrogen and oxygen atoms in total. The van der Waals surface area contributed by atoms with Gasteiger partial charge in [0.15, 0.2) is 0 Å². The maximum absolute atomic E-state index is 13.5. The highest BCUT2D eigenvalue weighted by Gasteiger charge is 2.34. The van der Waals surface area contributed by atoms with Gasteiger partial charge in [0.25, 0.3) is 11.5 Å². The molecule has 0 spiro atoms. The van der Waals surface area contributed by atoms with E-state index in [-0.39, 0.29) is 27.0 Å². The number of thioether (sulfide) groups is 1. The van der Waals surface area contributed by atoms with Crippen LogP contribution in [0.3, 0.4) is 0 Å². The number of ether oxygens (including phenoxy) is 1. The third-order valence-electron chi connectivity index (χ3n) is 5.53. The van der Waals surface area contributed by atoms with Gasteiger partial charge in [-0.15, -0.1) is 0 Å². The number of carbonyl (C=O) groups excluding carboxylic acids is 2. The van der Waals surface area contributed by atoms with Crippen molar-refractivity contribution in [1.29, 1.82) is 0 Å². The standard InChI is InChI=1S/C22H23N5O6S2/c1-3-33-21(32)25-8-6-24(7-9-25)18-14(19(30)26-11-13(2)4-5-16(26)23-18)10-15-20(31)27(12-17(28)29)22(34)35-15/h4-5,10-11H,3,6-9,12H2,1-2H3,(H,28,29)/b15-10-. The summed E-state index contributed by atoms with van der Waals surface area (Å²) in [5.41, 5.74) is 1.12. The zero-order valence-electron chi connectivity index (χ0n) is 19.1. The first-order valence-corrected chi connectivity index (χ1v) is 12.1. The Hall–Kier alpha value is -3.45. The number of aromatic nitrogens is 2. The fourth-order valence-corrected chi connectivity index (χ4v) is 5.07. The van der Waals surface area contributed by atoms with Crippen molar-refractivity contribution >= 4 is 63.8 Å². The summed E-state index contributed by atoms with van der Waals surface area (Å²) < 4.78 is 6.60. The lowest BCUT2D eigenvalue weighted by atomic mass is 10.2. The van der Waals surface area contributed by atoms with E-state index in [1.54, 1.807) is 24.1 Å². The molecule has 35 heavy (non-hydrogen) atoms. The summed E-state index contributed by atoms with van der Waals surface area (Å²) in [6.07, 6.45) is 2.70. The number of amides is 2. The molecule has 2 saturated heterocycles. The van der Waals surface area contributed by atoms with Crippen molar-refractivity contribution in [3.8, 4) is 0 Å². The molecule has 2 aromatic rings. The van der Waals surface area contributed by atoms with Gasteiger partial charge in [-0.25, -0.2) is 9.78 Å². The number of hydrogen-bond donors (Lipinski definition) is 1. The minimum Gasteiger partial charge on any atom is -0.480 e. The summed E-state index contributed by atoms with van der Waals surface area (Å²) in [6, 6.07) is 3.59. The Bertz CT molecular complexity index is 1320. The van der Waals surface area contributed by atoms with Gasteiger partial charge in [0.1, 0.15) is 22.3 Å². The van der Waals surface area contributed by atoms with E-state index in [9.17, 15) is 19.2 Å². The Morgan fingerprint density at radius 3 is 2.60 bits per heavy atom. The SMILES string of the molecule is CCOC(=O)N1CCN(c2nc3ccc(C)cn3c(=O)c2/C=C2\SC(=S)N(CC(=O)O)C2=O)CC1. The summed E-state index contributed by atoms with van der Waals surface area (Å²) in [5, 5.41) is 9.09. The molecule has 0 saturated carbocycles. The van der Waals surface area contributed by atoms with Crippen LogP contribution in [-0.2, 0) is 14.3 Å². The molecule has 0 atom stereocenters. The van der Waals surface area contributed by atoms with E-state index in [0.717, 1.165) is 22.2 Å². The molecule has 0 bridgehead atoms. The molecule has 1 N–H and O–H groups in total. The van der Waals surface area contributed by atoms with Crippen molar-refractivity contribution in [3.05, 3.63) is 44.7 Å². The van der Waals surface area contributed by atoms with Crippen molar-refractivity contribution in [3.63, 3.8) is 0 Å². The van der Waals surface area contributed by atoms with Crippen LogP contribution < -0.4 is 10.5 Å². The van der Waals surface area contributed by atoms with Crippen LogP contribution in [0.15, 0.2) is 28.0 Å². The molecule has 2 fully saturated rings. The van der Waals surface area contributed by atoms with Gasteiger partial charge in [0.2, 0.25) is 0 Å². The zero-order chi connectivity index (χ0) is 25.3. The van der Waals surface area contributed by atoms with Crippen LogP contribution >= 0.6 is 24.0 Å². The predicted molar refractivity (Wildman–Crippen MR) is 135 cm³/mol. The van der Waals surface area contributed by atoms with Crippen LogP contribution in [-0.4, -0.2) is 85.9 Å². The quantitative estimate of drug-likeness (QED) is 0.461. The van der Waals surface area contributed by atoms with E-state index < -0.39 is 24.5 Å². The first kappa shape index (κ1) is 24.7. The van der Waals surface area contributed by atoms with E-state index in [0.29, 0.717) is 37.6 Å². The van der Waals surface area contributed by atoms with Gasteiger partial charge in [-0.05, 0) is 31.6 Å². The van der Waals surface area contributed by atoms with Gasteiger partial charge in [0.05, 0.1) is 17.1 Å². The van der Waals surface area contributed by atoms with Crippen molar-refractivity contribution in [2.45, 2.75) is 13.8 Å². The van der Waals surface area contributed by atoms with Crippen molar-refractivity contribution < 1.29 is 24.2 Å². The first-order chi connectivity index (χ1) is 16.7. The average Bonchev–Trinajstić information content (AvgIpc) is 3.08. The van der Waals surface area contributed by atoms with Crippen molar-refractivity contribution in [2.24, 2.45) is 0 Å². The first-order valence-electron chi connectivity index (χ1n) is 10.9.